The predicted molar refractivity (Wildman–Crippen MR) is 73.7 cm³/mol. The molecule has 0 aliphatic heterocycles. The average molecular weight is 252 g/mol. The fourth-order valence-corrected chi connectivity index (χ4v) is 2.00. The molecule has 1 rings (SSSR count). The van der Waals surface area contributed by atoms with Gasteiger partial charge in [0.2, 0.25) is 5.88 Å². The van der Waals surface area contributed by atoms with E-state index in [1.54, 1.807) is 13.0 Å². The van der Waals surface area contributed by atoms with Crippen LogP contribution in [0.3, 0.4) is 0 Å². The summed E-state index contributed by atoms with van der Waals surface area (Å²) in [7, 11) is 0. The van der Waals surface area contributed by atoms with Crippen molar-refractivity contribution in [3.05, 3.63) is 11.9 Å². The molecule has 0 spiro atoms. The van der Waals surface area contributed by atoms with Crippen LogP contribution in [0.15, 0.2) is 6.07 Å². The maximum Gasteiger partial charge on any atom is 0.218 e. The second kappa shape index (κ2) is 6.54. The summed E-state index contributed by atoms with van der Waals surface area (Å²) in [4.78, 5) is 10.6. The third-order valence-corrected chi connectivity index (χ3v) is 2.76. The van der Waals surface area contributed by atoms with E-state index in [0.29, 0.717) is 36.2 Å². The third-order valence-electron chi connectivity index (χ3n) is 2.76. The lowest BCUT2D eigenvalue weighted by Crippen LogP contribution is -2.39. The minimum absolute atomic E-state index is 0.446. The molecule has 0 aromatic carbocycles. The van der Waals surface area contributed by atoms with E-state index in [9.17, 15) is 0 Å². The van der Waals surface area contributed by atoms with Gasteiger partial charge in [0.25, 0.3) is 0 Å². The number of nitrogens with two attached hydrogens (primary N) is 1. The molecular weight excluding hydrogens is 228 g/mol. The van der Waals surface area contributed by atoms with Crippen molar-refractivity contribution in [1.82, 2.24) is 14.9 Å². The van der Waals surface area contributed by atoms with E-state index in [1.807, 2.05) is 0 Å². The Labute approximate surface area is 109 Å². The zero-order chi connectivity index (χ0) is 13.7. The van der Waals surface area contributed by atoms with Gasteiger partial charge >= 0.3 is 0 Å². The normalized spacial score (nSPS) is 11.6. The van der Waals surface area contributed by atoms with Gasteiger partial charge in [-0.2, -0.15) is 4.98 Å². The van der Waals surface area contributed by atoms with Gasteiger partial charge in [-0.1, -0.05) is 0 Å². The Bertz CT molecular complexity index is 351. The Morgan fingerprint density at radius 3 is 2.33 bits per heavy atom. The summed E-state index contributed by atoms with van der Waals surface area (Å²) in [5.74, 6) is 1.63. The SMILES string of the molecule is Cc1nc(N)cc(OCCN(C(C)C)C(C)C)n1. The quantitative estimate of drug-likeness (QED) is 0.837. The second-order valence-corrected chi connectivity index (χ2v) is 4.95. The highest BCUT2D eigenvalue weighted by Crippen LogP contribution is 2.11. The topological polar surface area (TPSA) is 64.3 Å². The zero-order valence-electron chi connectivity index (χ0n) is 12.0. The van der Waals surface area contributed by atoms with Crippen LogP contribution in [0, 0.1) is 6.92 Å². The first-order chi connectivity index (χ1) is 8.40. The standard InChI is InChI=1S/C13H24N4O/c1-9(2)17(10(3)4)6-7-18-13-8-12(14)15-11(5)16-13/h8-10H,6-7H2,1-5H3,(H2,14,15,16). The van der Waals surface area contributed by atoms with E-state index in [0.717, 1.165) is 6.54 Å². The minimum atomic E-state index is 0.446. The van der Waals surface area contributed by atoms with Crippen molar-refractivity contribution >= 4 is 5.82 Å². The number of nitrogen functional groups attached to an aromatic ring is 1. The third kappa shape index (κ3) is 4.49. The van der Waals surface area contributed by atoms with Crippen LogP contribution >= 0.6 is 0 Å². The van der Waals surface area contributed by atoms with Gasteiger partial charge in [0.05, 0.1) is 0 Å². The molecule has 5 nitrogen and oxygen atoms in total. The molecule has 102 valence electrons. The molecule has 0 saturated heterocycles. The average Bonchev–Trinajstić information content (AvgIpc) is 2.21. The van der Waals surface area contributed by atoms with Gasteiger partial charge in [0, 0.05) is 24.7 Å². The fraction of sp³-hybridized carbons (Fsp3) is 0.692. The number of hydrogen-bond donors (Lipinski definition) is 1. The van der Waals surface area contributed by atoms with Crippen molar-refractivity contribution in [1.29, 1.82) is 0 Å². The summed E-state index contributed by atoms with van der Waals surface area (Å²) in [6.07, 6.45) is 0. The van der Waals surface area contributed by atoms with Crippen molar-refractivity contribution < 1.29 is 4.74 Å². The fourth-order valence-electron chi connectivity index (χ4n) is 2.00. The van der Waals surface area contributed by atoms with E-state index in [4.69, 9.17) is 10.5 Å². The molecule has 0 bridgehead atoms. The smallest absolute Gasteiger partial charge is 0.218 e. The summed E-state index contributed by atoms with van der Waals surface area (Å²) in [6.45, 7) is 12.0. The number of nitrogens with zero attached hydrogens (tertiary/aromatic N) is 3. The Balaban J connectivity index is 2.50. The van der Waals surface area contributed by atoms with Gasteiger partial charge in [-0.25, -0.2) is 4.98 Å². The number of anilines is 1. The molecule has 0 aliphatic carbocycles. The molecule has 0 atom stereocenters. The molecule has 0 aliphatic rings. The molecule has 0 fully saturated rings. The number of aromatic nitrogens is 2. The molecule has 18 heavy (non-hydrogen) atoms. The summed E-state index contributed by atoms with van der Waals surface area (Å²) < 4.78 is 5.63. The Morgan fingerprint density at radius 1 is 1.22 bits per heavy atom. The molecule has 1 aromatic heterocycles. The lowest BCUT2D eigenvalue weighted by Gasteiger charge is -2.30. The highest BCUT2D eigenvalue weighted by molar-refractivity contribution is 5.32. The van der Waals surface area contributed by atoms with Crippen LogP contribution < -0.4 is 10.5 Å². The summed E-state index contributed by atoms with van der Waals surface area (Å²) >= 11 is 0. The van der Waals surface area contributed by atoms with Crippen molar-refractivity contribution in [3.63, 3.8) is 0 Å². The number of aryl methyl sites for hydroxylation is 1. The van der Waals surface area contributed by atoms with E-state index < -0.39 is 0 Å². The Kier molecular flexibility index (Phi) is 5.34. The second-order valence-electron chi connectivity index (χ2n) is 4.95. The highest BCUT2D eigenvalue weighted by Gasteiger charge is 2.13. The monoisotopic (exact) mass is 252 g/mol. The van der Waals surface area contributed by atoms with Gasteiger partial charge < -0.3 is 10.5 Å². The van der Waals surface area contributed by atoms with E-state index in [-0.39, 0.29) is 0 Å². The van der Waals surface area contributed by atoms with Crippen LogP contribution in [-0.4, -0.2) is 40.1 Å². The van der Waals surface area contributed by atoms with Crippen molar-refractivity contribution in [2.45, 2.75) is 46.7 Å². The number of ether oxygens (including phenoxy) is 1. The van der Waals surface area contributed by atoms with E-state index in [1.165, 1.54) is 0 Å². The molecule has 1 aromatic rings. The first-order valence-electron chi connectivity index (χ1n) is 6.40. The molecule has 5 heteroatoms. The molecule has 1 heterocycles. The molecular formula is C13H24N4O. The maximum atomic E-state index is 5.65. The van der Waals surface area contributed by atoms with Crippen LogP contribution in [0.1, 0.15) is 33.5 Å². The van der Waals surface area contributed by atoms with Gasteiger partial charge in [0.15, 0.2) is 0 Å². The van der Waals surface area contributed by atoms with Gasteiger partial charge in [0.1, 0.15) is 18.2 Å². The first kappa shape index (κ1) is 14.7. The van der Waals surface area contributed by atoms with E-state index in [2.05, 4.69) is 42.6 Å². The van der Waals surface area contributed by atoms with Gasteiger partial charge in [-0.3, -0.25) is 4.90 Å². The van der Waals surface area contributed by atoms with Gasteiger partial charge in [-0.15, -0.1) is 0 Å². The predicted octanol–water partition coefficient (Wildman–Crippen LogP) is 1.86. The first-order valence-corrected chi connectivity index (χ1v) is 6.40. The van der Waals surface area contributed by atoms with Crippen LogP contribution in [0.25, 0.3) is 0 Å². The number of hydrogen-bond acceptors (Lipinski definition) is 5. The Hall–Kier alpha value is -1.36. The Morgan fingerprint density at radius 2 is 1.83 bits per heavy atom. The molecule has 0 unspecified atom stereocenters. The van der Waals surface area contributed by atoms with Crippen LogP contribution in [-0.2, 0) is 0 Å². The molecule has 0 radical (unpaired) electrons. The maximum absolute atomic E-state index is 5.65. The molecule has 0 amide bonds. The van der Waals surface area contributed by atoms with Crippen LogP contribution in [0.4, 0.5) is 5.82 Å². The summed E-state index contributed by atoms with van der Waals surface area (Å²) in [6, 6.07) is 2.67. The molecule has 0 saturated carbocycles. The van der Waals surface area contributed by atoms with Crippen LogP contribution in [0.2, 0.25) is 0 Å². The lowest BCUT2D eigenvalue weighted by atomic mass is 10.2. The van der Waals surface area contributed by atoms with Crippen molar-refractivity contribution in [2.75, 3.05) is 18.9 Å². The summed E-state index contributed by atoms with van der Waals surface area (Å²) in [5.41, 5.74) is 5.65. The number of rotatable bonds is 6. The minimum Gasteiger partial charge on any atom is -0.476 e. The van der Waals surface area contributed by atoms with Gasteiger partial charge in [-0.05, 0) is 34.6 Å². The molecule has 2 N–H and O–H groups in total. The largest absolute Gasteiger partial charge is 0.476 e. The van der Waals surface area contributed by atoms with Crippen molar-refractivity contribution in [2.24, 2.45) is 0 Å². The summed E-state index contributed by atoms with van der Waals surface area (Å²) in [5, 5.41) is 0. The van der Waals surface area contributed by atoms with Crippen LogP contribution in [0.5, 0.6) is 5.88 Å². The van der Waals surface area contributed by atoms with Crippen molar-refractivity contribution in [3.8, 4) is 5.88 Å². The zero-order valence-corrected chi connectivity index (χ0v) is 12.0. The lowest BCUT2D eigenvalue weighted by molar-refractivity contribution is 0.140. The highest BCUT2D eigenvalue weighted by atomic mass is 16.5. The van der Waals surface area contributed by atoms with E-state index >= 15 is 0 Å².